The molecule has 3 aromatic rings. The predicted molar refractivity (Wildman–Crippen MR) is 198 cm³/mol. The molecule has 2 amide bonds. The van der Waals surface area contributed by atoms with Crippen molar-refractivity contribution in [3.8, 4) is 0 Å². The van der Waals surface area contributed by atoms with Crippen LogP contribution in [0.3, 0.4) is 0 Å². The first-order chi connectivity index (χ1) is 23.5. The summed E-state index contributed by atoms with van der Waals surface area (Å²) >= 11 is 0. The maximum absolute atomic E-state index is 14.2. The summed E-state index contributed by atoms with van der Waals surface area (Å²) in [5, 5.41) is 11.4. The maximum Gasteiger partial charge on any atom is 0.250 e. The molecule has 4 rings (SSSR count). The highest BCUT2D eigenvalue weighted by molar-refractivity contribution is 5.86. The van der Waals surface area contributed by atoms with Crippen LogP contribution in [0.5, 0.6) is 0 Å². The topological polar surface area (TPSA) is 112 Å². The molecule has 1 saturated heterocycles. The zero-order valence-corrected chi connectivity index (χ0v) is 29.3. The summed E-state index contributed by atoms with van der Waals surface area (Å²) in [7, 11) is 0. The number of carbonyl (C=O) groups excluding carboxylic acids is 2. The molecule has 0 saturated carbocycles. The molecule has 8 heteroatoms. The summed E-state index contributed by atoms with van der Waals surface area (Å²) in [6, 6.07) is 28.7. The van der Waals surface area contributed by atoms with Crippen LogP contribution >= 0.6 is 0 Å². The minimum atomic E-state index is -1.08. The summed E-state index contributed by atoms with van der Waals surface area (Å²) in [4.78, 5) is 30.7. The van der Waals surface area contributed by atoms with E-state index in [4.69, 9.17) is 15.9 Å². The number of hydrogen-bond donors (Lipinski definition) is 3. The molecule has 258 valence electrons. The van der Waals surface area contributed by atoms with E-state index in [1.54, 1.807) is 18.7 Å². The van der Waals surface area contributed by atoms with Crippen molar-refractivity contribution in [2.75, 3.05) is 19.7 Å². The molecule has 1 heterocycles. The van der Waals surface area contributed by atoms with Crippen LogP contribution in [0.25, 0.3) is 0 Å². The van der Waals surface area contributed by atoms with Crippen molar-refractivity contribution >= 4 is 18.2 Å². The van der Waals surface area contributed by atoms with E-state index < -0.39 is 17.6 Å². The summed E-state index contributed by atoms with van der Waals surface area (Å²) < 4.78 is 6.01. The van der Waals surface area contributed by atoms with Crippen molar-refractivity contribution in [1.82, 2.24) is 15.1 Å². The van der Waals surface area contributed by atoms with Gasteiger partial charge in [-0.3, -0.25) is 15.0 Å². The first-order valence-corrected chi connectivity index (χ1v) is 16.9. The van der Waals surface area contributed by atoms with Gasteiger partial charge in [-0.05, 0) is 79.9 Å². The molecule has 2 atom stereocenters. The Hall–Kier alpha value is -4.79. The third-order valence-corrected chi connectivity index (χ3v) is 8.88. The molecule has 1 aliphatic rings. The first-order valence-electron chi connectivity index (χ1n) is 16.9. The average Bonchev–Trinajstić information content (AvgIpc) is 3.11. The number of nitrogens with two attached hydrogens (primary N) is 1. The van der Waals surface area contributed by atoms with Gasteiger partial charge in [0.2, 0.25) is 11.8 Å². The Labute approximate surface area is 291 Å². The Morgan fingerprint density at radius 1 is 1.00 bits per heavy atom. The summed E-state index contributed by atoms with van der Waals surface area (Å²) in [6.45, 7) is 13.4. The van der Waals surface area contributed by atoms with Gasteiger partial charge in [0.1, 0.15) is 6.04 Å². The van der Waals surface area contributed by atoms with E-state index in [1.807, 2.05) is 97.8 Å². The minimum Gasteiger partial charge on any atom is -0.374 e. The number of piperidine rings is 1. The van der Waals surface area contributed by atoms with Crippen LogP contribution in [0.15, 0.2) is 127 Å². The summed E-state index contributed by atoms with van der Waals surface area (Å²) in [5.41, 5.74) is 10.5. The molecule has 0 aromatic heterocycles. The molecular formula is C41H51N5O3. The van der Waals surface area contributed by atoms with Gasteiger partial charge in [0.25, 0.3) is 0 Å². The van der Waals surface area contributed by atoms with Crippen LogP contribution < -0.4 is 11.1 Å². The number of hydrogen-bond acceptors (Lipinski definition) is 5. The fourth-order valence-electron chi connectivity index (χ4n) is 6.02. The standard InChI is InChI=1S/C41H51N5O3/c1-30(25-31(2)32(3)37(44-40(48)41(4,5)43)28-49-27-33-15-9-6-10-16-33)26-46(29-42)38(36-19-13-8-14-20-36)39(47)45-23-21-35(22-24-45)34-17-11-7-12-18-34/h6-20,25-26,29,35,37-38,42H,3,21-24,27-28,43H2,1-2,4-5H3,(H,44,48)/b30-26+,31-25?,42-29?/t37-,38?/m1/s1. The number of rotatable bonds is 15. The number of likely N-dealkylation sites (tertiary alicyclic amines) is 1. The van der Waals surface area contributed by atoms with Crippen molar-refractivity contribution in [3.05, 3.63) is 143 Å². The predicted octanol–water partition coefficient (Wildman–Crippen LogP) is 6.89. The van der Waals surface area contributed by atoms with Gasteiger partial charge in [-0.25, -0.2) is 0 Å². The number of nitrogens with one attached hydrogen (secondary N) is 2. The Bertz CT molecular complexity index is 1610. The normalized spacial score (nSPS) is 15.7. The van der Waals surface area contributed by atoms with E-state index in [0.29, 0.717) is 31.2 Å². The molecule has 8 nitrogen and oxygen atoms in total. The largest absolute Gasteiger partial charge is 0.374 e. The molecule has 0 aliphatic carbocycles. The second-order valence-electron chi connectivity index (χ2n) is 13.4. The monoisotopic (exact) mass is 661 g/mol. The average molecular weight is 662 g/mol. The van der Waals surface area contributed by atoms with Gasteiger partial charge in [-0.2, -0.15) is 0 Å². The second kappa shape index (κ2) is 17.6. The number of amides is 2. The van der Waals surface area contributed by atoms with E-state index in [9.17, 15) is 9.59 Å². The number of nitrogens with zero attached hydrogens (tertiary/aromatic N) is 2. The van der Waals surface area contributed by atoms with Gasteiger partial charge in [-0.15, -0.1) is 0 Å². The van der Waals surface area contributed by atoms with Crippen LogP contribution in [-0.4, -0.2) is 59.2 Å². The van der Waals surface area contributed by atoms with Gasteiger partial charge in [0.15, 0.2) is 0 Å². The number of benzene rings is 3. The second-order valence-corrected chi connectivity index (χ2v) is 13.4. The van der Waals surface area contributed by atoms with Crippen molar-refractivity contribution in [2.45, 2.75) is 70.7 Å². The smallest absolute Gasteiger partial charge is 0.250 e. The van der Waals surface area contributed by atoms with E-state index >= 15 is 0 Å². The fraction of sp³-hybridized carbons (Fsp3) is 0.341. The molecule has 0 bridgehead atoms. The summed E-state index contributed by atoms with van der Waals surface area (Å²) in [6.07, 6.45) is 6.76. The highest BCUT2D eigenvalue weighted by atomic mass is 16.5. The molecule has 0 radical (unpaired) electrons. The molecule has 3 aromatic carbocycles. The molecular weight excluding hydrogens is 610 g/mol. The Kier molecular flexibility index (Phi) is 13.3. The van der Waals surface area contributed by atoms with Gasteiger partial charge in [0, 0.05) is 19.3 Å². The third kappa shape index (κ3) is 10.6. The quantitative estimate of drug-likeness (QED) is 0.0934. The molecule has 0 spiro atoms. The lowest BCUT2D eigenvalue weighted by Crippen LogP contribution is -2.53. The van der Waals surface area contributed by atoms with E-state index in [-0.39, 0.29) is 18.4 Å². The van der Waals surface area contributed by atoms with Gasteiger partial charge < -0.3 is 25.6 Å². The van der Waals surface area contributed by atoms with Crippen LogP contribution in [0, 0.1) is 5.41 Å². The SMILES string of the molecule is C=C(C(C)=C/C(C)=C/N(C=N)C(C(=O)N1CCC(c2ccccc2)CC1)c1ccccc1)[C@@H](COCc1ccccc1)NC(=O)C(C)(C)N. The lowest BCUT2D eigenvalue weighted by Gasteiger charge is -2.37. The molecule has 1 unspecified atom stereocenters. The molecule has 4 N–H and O–H groups in total. The first kappa shape index (κ1) is 37.0. The lowest BCUT2D eigenvalue weighted by molar-refractivity contribution is -0.136. The van der Waals surface area contributed by atoms with Crippen molar-refractivity contribution in [2.24, 2.45) is 5.73 Å². The Balaban J connectivity index is 1.52. The number of ether oxygens (including phenoxy) is 1. The van der Waals surface area contributed by atoms with E-state index in [0.717, 1.165) is 35.1 Å². The number of allylic oxidation sites excluding steroid dienone is 2. The summed E-state index contributed by atoms with van der Waals surface area (Å²) in [5.74, 6) is 0.0861. The van der Waals surface area contributed by atoms with E-state index in [2.05, 4.69) is 36.2 Å². The zero-order chi connectivity index (χ0) is 35.4. The zero-order valence-electron chi connectivity index (χ0n) is 29.3. The highest BCUT2D eigenvalue weighted by Crippen LogP contribution is 2.31. The minimum absolute atomic E-state index is 0.0295. The Morgan fingerprint density at radius 3 is 2.14 bits per heavy atom. The van der Waals surface area contributed by atoms with Gasteiger partial charge >= 0.3 is 0 Å². The lowest BCUT2D eigenvalue weighted by atomic mass is 9.89. The van der Waals surface area contributed by atoms with Crippen molar-refractivity contribution in [1.29, 1.82) is 5.41 Å². The highest BCUT2D eigenvalue weighted by Gasteiger charge is 2.32. The van der Waals surface area contributed by atoms with Gasteiger partial charge in [-0.1, -0.05) is 104 Å². The fourth-order valence-corrected chi connectivity index (χ4v) is 6.02. The molecule has 1 fully saturated rings. The maximum atomic E-state index is 14.2. The number of carbonyl (C=O) groups is 2. The van der Waals surface area contributed by atoms with Crippen molar-refractivity contribution < 1.29 is 14.3 Å². The van der Waals surface area contributed by atoms with E-state index in [1.165, 1.54) is 11.9 Å². The van der Waals surface area contributed by atoms with Gasteiger partial charge in [0.05, 0.1) is 31.1 Å². The van der Waals surface area contributed by atoms with Crippen LogP contribution in [0.4, 0.5) is 0 Å². The van der Waals surface area contributed by atoms with Crippen LogP contribution in [-0.2, 0) is 20.9 Å². The molecule has 1 aliphatic heterocycles. The third-order valence-electron chi connectivity index (χ3n) is 8.88. The Morgan fingerprint density at radius 2 is 1.57 bits per heavy atom. The molecule has 49 heavy (non-hydrogen) atoms. The van der Waals surface area contributed by atoms with Crippen LogP contribution in [0.1, 0.15) is 69.2 Å². The van der Waals surface area contributed by atoms with Crippen molar-refractivity contribution in [3.63, 3.8) is 0 Å². The van der Waals surface area contributed by atoms with Crippen LogP contribution in [0.2, 0.25) is 0 Å².